The van der Waals surface area contributed by atoms with Crippen LogP contribution in [0.2, 0.25) is 0 Å². The van der Waals surface area contributed by atoms with E-state index in [0.29, 0.717) is 19.1 Å². The quantitative estimate of drug-likeness (QED) is 0.567. The van der Waals surface area contributed by atoms with Gasteiger partial charge in [0.1, 0.15) is 29.0 Å². The second-order valence-electron chi connectivity index (χ2n) is 4.29. The average Bonchev–Trinajstić information content (AvgIpc) is 2.96. The van der Waals surface area contributed by atoms with Gasteiger partial charge >= 0.3 is 0 Å². The molecule has 0 radical (unpaired) electrons. The summed E-state index contributed by atoms with van der Waals surface area (Å²) in [6.07, 6.45) is 0.861. The number of carbonyl (C=O) groups excluding carboxylic acids is 1. The van der Waals surface area contributed by atoms with E-state index in [1.165, 1.54) is 0 Å². The molecule has 0 spiro atoms. The van der Waals surface area contributed by atoms with E-state index in [9.17, 15) is 4.79 Å². The smallest absolute Gasteiger partial charge is 0.222 e. The minimum absolute atomic E-state index is 0.0561. The molecule has 0 bridgehead atoms. The lowest BCUT2D eigenvalue weighted by molar-refractivity contribution is -0.127. The molecule has 2 aliphatic rings. The Morgan fingerprint density at radius 3 is 2.94 bits per heavy atom. The molecule has 4 atom stereocenters. The fourth-order valence-corrected chi connectivity index (χ4v) is 2.88. The Bertz CT molecular complexity index is 276. The third-order valence-corrected chi connectivity index (χ3v) is 3.57. The first-order valence-electron chi connectivity index (χ1n) is 5.36. The summed E-state index contributed by atoms with van der Waals surface area (Å²) >= 11 is 1.89. The SMILES string of the molecule is CO[C@H]1CC(COI)COC2C1N2C(C)=O. The number of hydrogen-bond acceptors (Lipinski definition) is 4. The molecule has 0 aromatic rings. The van der Waals surface area contributed by atoms with E-state index in [2.05, 4.69) is 0 Å². The minimum atomic E-state index is -0.0818. The number of nitrogens with zero attached hydrogens (tertiary/aromatic N) is 1. The molecule has 0 N–H and O–H groups in total. The second kappa shape index (κ2) is 5.16. The fourth-order valence-electron chi connectivity index (χ4n) is 2.37. The summed E-state index contributed by atoms with van der Waals surface area (Å²) in [4.78, 5) is 13.1. The van der Waals surface area contributed by atoms with E-state index in [4.69, 9.17) is 12.5 Å². The van der Waals surface area contributed by atoms with E-state index in [1.807, 2.05) is 23.0 Å². The van der Waals surface area contributed by atoms with E-state index in [-0.39, 0.29) is 24.3 Å². The van der Waals surface area contributed by atoms with Crippen molar-refractivity contribution in [2.45, 2.75) is 31.7 Å². The summed E-state index contributed by atoms with van der Waals surface area (Å²) in [6.45, 7) is 2.86. The van der Waals surface area contributed by atoms with Gasteiger partial charge in [-0.2, -0.15) is 0 Å². The van der Waals surface area contributed by atoms with Crippen LogP contribution in [0, 0.1) is 5.92 Å². The molecule has 2 aliphatic heterocycles. The van der Waals surface area contributed by atoms with Crippen LogP contribution in [-0.2, 0) is 17.3 Å². The normalized spacial score (nSPS) is 37.8. The third kappa shape index (κ3) is 2.34. The fraction of sp³-hybridized carbons (Fsp3) is 0.900. The predicted molar refractivity (Wildman–Crippen MR) is 64.9 cm³/mol. The molecule has 6 heteroatoms. The Labute approximate surface area is 109 Å². The van der Waals surface area contributed by atoms with Gasteiger partial charge in [0.05, 0.1) is 19.3 Å². The Balaban J connectivity index is 1.99. The standard InChI is InChI=1S/C10H16INO4/c1-6(13)12-9-8(14-2)3-7(5-16-11)4-15-10(9)12/h7-10H,3-5H2,1-2H3/t7?,8-,9?,10?,12?/m0/s1. The van der Waals surface area contributed by atoms with Gasteiger partial charge in [0, 0.05) is 20.0 Å². The summed E-state index contributed by atoms with van der Waals surface area (Å²) in [5.41, 5.74) is 0. The number of fused-ring (bicyclic) bond motifs is 1. The molecule has 0 aromatic heterocycles. The molecule has 0 aliphatic carbocycles. The zero-order chi connectivity index (χ0) is 11.7. The number of amides is 1. The highest BCUT2D eigenvalue weighted by Crippen LogP contribution is 2.39. The molecule has 0 aromatic carbocycles. The first-order chi connectivity index (χ1) is 7.69. The minimum Gasteiger partial charge on any atom is -0.379 e. The van der Waals surface area contributed by atoms with Crippen LogP contribution in [0.25, 0.3) is 0 Å². The van der Waals surface area contributed by atoms with E-state index >= 15 is 0 Å². The Kier molecular flexibility index (Phi) is 4.04. The monoisotopic (exact) mass is 341 g/mol. The van der Waals surface area contributed by atoms with Crippen molar-refractivity contribution in [3.63, 3.8) is 0 Å². The number of halogens is 1. The second-order valence-corrected chi connectivity index (χ2v) is 4.92. The Morgan fingerprint density at radius 1 is 1.62 bits per heavy atom. The molecular formula is C10H16INO4. The lowest BCUT2D eigenvalue weighted by atomic mass is 10.0. The Morgan fingerprint density at radius 2 is 2.38 bits per heavy atom. The van der Waals surface area contributed by atoms with Gasteiger partial charge in [0.2, 0.25) is 5.91 Å². The molecule has 2 saturated heterocycles. The summed E-state index contributed by atoms with van der Waals surface area (Å²) in [6, 6.07) is 0.0988. The van der Waals surface area contributed by atoms with E-state index in [1.54, 1.807) is 18.9 Å². The summed E-state index contributed by atoms with van der Waals surface area (Å²) in [5.74, 6) is 0.407. The highest BCUT2D eigenvalue weighted by Gasteiger charge is 2.57. The molecule has 5 nitrogen and oxygen atoms in total. The zero-order valence-corrected chi connectivity index (χ0v) is 11.5. The van der Waals surface area contributed by atoms with Crippen molar-refractivity contribution in [1.29, 1.82) is 0 Å². The topological polar surface area (TPSA) is 47.8 Å². The van der Waals surface area contributed by atoms with Crippen molar-refractivity contribution < 1.29 is 17.3 Å². The van der Waals surface area contributed by atoms with Crippen LogP contribution >= 0.6 is 23.0 Å². The van der Waals surface area contributed by atoms with Crippen LogP contribution in [0.5, 0.6) is 0 Å². The van der Waals surface area contributed by atoms with Gasteiger partial charge in [-0.05, 0) is 6.42 Å². The molecule has 2 heterocycles. The summed E-state index contributed by atoms with van der Waals surface area (Å²) < 4.78 is 16.2. The van der Waals surface area contributed by atoms with Gasteiger partial charge in [0.25, 0.3) is 0 Å². The average molecular weight is 341 g/mol. The zero-order valence-electron chi connectivity index (χ0n) is 9.39. The van der Waals surface area contributed by atoms with Gasteiger partial charge in [-0.1, -0.05) is 0 Å². The number of rotatable bonds is 3. The van der Waals surface area contributed by atoms with Gasteiger partial charge in [-0.15, -0.1) is 0 Å². The molecular weight excluding hydrogens is 325 g/mol. The van der Waals surface area contributed by atoms with Gasteiger partial charge in [0.15, 0.2) is 6.23 Å². The van der Waals surface area contributed by atoms with Crippen LogP contribution in [0.1, 0.15) is 13.3 Å². The van der Waals surface area contributed by atoms with Gasteiger partial charge in [-0.25, -0.2) is 0 Å². The number of methoxy groups -OCH3 is 1. The van der Waals surface area contributed by atoms with Crippen molar-refractivity contribution in [2.24, 2.45) is 5.92 Å². The first-order valence-corrected chi connectivity index (χ1v) is 6.24. The van der Waals surface area contributed by atoms with Crippen LogP contribution in [0.15, 0.2) is 0 Å². The number of hydrogen-bond donors (Lipinski definition) is 0. The third-order valence-electron chi connectivity index (χ3n) is 3.21. The van der Waals surface area contributed by atoms with Crippen molar-refractivity contribution >= 4 is 28.9 Å². The molecule has 2 rings (SSSR count). The van der Waals surface area contributed by atoms with Gasteiger partial charge in [-0.3, -0.25) is 4.79 Å². The molecule has 92 valence electrons. The molecule has 2 fully saturated rings. The van der Waals surface area contributed by atoms with E-state index in [0.717, 1.165) is 6.42 Å². The van der Waals surface area contributed by atoms with Crippen molar-refractivity contribution in [2.75, 3.05) is 20.3 Å². The lowest BCUT2D eigenvalue weighted by Crippen LogP contribution is -2.28. The maximum atomic E-state index is 11.3. The van der Waals surface area contributed by atoms with Crippen molar-refractivity contribution in [1.82, 2.24) is 4.90 Å². The van der Waals surface area contributed by atoms with E-state index < -0.39 is 0 Å². The number of carbonyl (C=O) groups is 1. The van der Waals surface area contributed by atoms with Gasteiger partial charge < -0.3 is 17.4 Å². The Hall–Kier alpha value is 0.0800. The van der Waals surface area contributed by atoms with Crippen LogP contribution in [0.3, 0.4) is 0 Å². The lowest BCUT2D eigenvalue weighted by Gasteiger charge is -2.19. The predicted octanol–water partition coefficient (Wildman–Crippen LogP) is 0.961. The molecule has 0 saturated carbocycles. The van der Waals surface area contributed by atoms with Crippen molar-refractivity contribution in [3.05, 3.63) is 0 Å². The maximum absolute atomic E-state index is 11.3. The maximum Gasteiger partial charge on any atom is 0.222 e. The first kappa shape index (κ1) is 12.5. The largest absolute Gasteiger partial charge is 0.379 e. The summed E-state index contributed by atoms with van der Waals surface area (Å²) in [7, 11) is 1.69. The highest BCUT2D eigenvalue weighted by atomic mass is 127. The molecule has 1 amide bonds. The summed E-state index contributed by atoms with van der Waals surface area (Å²) in [5, 5.41) is 0. The molecule has 16 heavy (non-hydrogen) atoms. The van der Waals surface area contributed by atoms with Crippen molar-refractivity contribution in [3.8, 4) is 0 Å². The van der Waals surface area contributed by atoms with Crippen LogP contribution in [-0.4, -0.2) is 49.5 Å². The highest BCUT2D eigenvalue weighted by molar-refractivity contribution is 14.1. The molecule has 3 unspecified atom stereocenters. The van der Waals surface area contributed by atoms with Crippen LogP contribution < -0.4 is 0 Å². The van der Waals surface area contributed by atoms with Crippen LogP contribution in [0.4, 0.5) is 0 Å². The number of ether oxygens (including phenoxy) is 2.